The number of carbonyl (C=O) groups excluding carboxylic acids is 2. The minimum absolute atomic E-state index is 0.112. The van der Waals surface area contributed by atoms with E-state index in [1.54, 1.807) is 0 Å². The van der Waals surface area contributed by atoms with Gasteiger partial charge in [0, 0.05) is 38.3 Å². The number of likely N-dealkylation sites (N-methyl/N-ethyl adjacent to an activating group) is 1. The fourth-order valence-corrected chi connectivity index (χ4v) is 5.89. The maximum Gasteiger partial charge on any atom is 0.254 e. The Bertz CT molecular complexity index is 709. The van der Waals surface area contributed by atoms with Crippen LogP contribution in [0.2, 0.25) is 0 Å². The second kappa shape index (κ2) is 7.84. The lowest BCUT2D eigenvalue weighted by Crippen LogP contribution is -2.56. The molecule has 0 N–H and O–H groups in total. The Morgan fingerprint density at radius 2 is 1.81 bits per heavy atom. The predicted molar refractivity (Wildman–Crippen MR) is 109 cm³/mol. The van der Waals surface area contributed by atoms with E-state index in [2.05, 4.69) is 11.8 Å². The molecular formula is C21H29N3O2S. The van der Waals surface area contributed by atoms with E-state index in [4.69, 9.17) is 0 Å². The second-order valence-corrected chi connectivity index (χ2v) is 9.10. The van der Waals surface area contributed by atoms with Crippen LogP contribution in [0.25, 0.3) is 0 Å². The Hall–Kier alpha value is -1.53. The summed E-state index contributed by atoms with van der Waals surface area (Å²) in [6, 6.07) is 7.90. The lowest BCUT2D eigenvalue weighted by molar-refractivity contribution is -0.136. The molecule has 0 bridgehead atoms. The van der Waals surface area contributed by atoms with Crippen LogP contribution in [0.15, 0.2) is 24.3 Å². The van der Waals surface area contributed by atoms with Gasteiger partial charge in [0.05, 0.1) is 12.0 Å². The SMILES string of the molecule is CCN1CCN(C(=O)CC2(N3Cc4ccccc4C3=O)CCSCC2)CC1. The van der Waals surface area contributed by atoms with Crippen molar-refractivity contribution in [1.82, 2.24) is 14.7 Å². The molecule has 5 nitrogen and oxygen atoms in total. The van der Waals surface area contributed by atoms with Crippen molar-refractivity contribution < 1.29 is 9.59 Å². The van der Waals surface area contributed by atoms with Crippen LogP contribution in [0.3, 0.4) is 0 Å². The molecular weight excluding hydrogens is 358 g/mol. The summed E-state index contributed by atoms with van der Waals surface area (Å²) in [5.41, 5.74) is 1.60. The normalized spacial score (nSPS) is 22.8. The number of benzene rings is 1. The lowest BCUT2D eigenvalue weighted by Gasteiger charge is -2.45. The monoisotopic (exact) mass is 387 g/mol. The van der Waals surface area contributed by atoms with E-state index in [1.807, 2.05) is 45.8 Å². The zero-order valence-electron chi connectivity index (χ0n) is 16.2. The quantitative estimate of drug-likeness (QED) is 0.796. The van der Waals surface area contributed by atoms with Crippen LogP contribution in [-0.2, 0) is 11.3 Å². The highest BCUT2D eigenvalue weighted by atomic mass is 32.2. The van der Waals surface area contributed by atoms with Gasteiger partial charge in [-0.25, -0.2) is 0 Å². The van der Waals surface area contributed by atoms with Crippen molar-refractivity contribution in [3.05, 3.63) is 35.4 Å². The molecule has 2 fully saturated rings. The molecule has 4 rings (SSSR count). The molecule has 27 heavy (non-hydrogen) atoms. The molecule has 1 aromatic carbocycles. The summed E-state index contributed by atoms with van der Waals surface area (Å²) in [6.07, 6.45) is 2.30. The largest absolute Gasteiger partial charge is 0.340 e. The standard InChI is InChI=1S/C21H29N3O2S/c1-2-22-9-11-23(12-10-22)19(25)15-21(7-13-27-14-8-21)24-16-17-5-3-4-6-18(17)20(24)26/h3-6H,2,7-16H2,1H3. The van der Waals surface area contributed by atoms with Gasteiger partial charge < -0.3 is 14.7 Å². The molecule has 2 saturated heterocycles. The molecule has 6 heteroatoms. The van der Waals surface area contributed by atoms with Crippen molar-refractivity contribution in [2.75, 3.05) is 44.2 Å². The third kappa shape index (κ3) is 3.61. The van der Waals surface area contributed by atoms with E-state index >= 15 is 0 Å². The molecule has 1 aromatic rings. The molecule has 146 valence electrons. The minimum Gasteiger partial charge on any atom is -0.340 e. The third-order valence-electron chi connectivity index (χ3n) is 6.47. The average Bonchev–Trinajstić information content (AvgIpc) is 3.06. The zero-order valence-corrected chi connectivity index (χ0v) is 17.0. The molecule has 3 aliphatic rings. The number of thioether (sulfide) groups is 1. The molecule has 0 aromatic heterocycles. The van der Waals surface area contributed by atoms with Crippen molar-refractivity contribution in [2.45, 2.75) is 38.3 Å². The fraction of sp³-hybridized carbons (Fsp3) is 0.619. The van der Waals surface area contributed by atoms with Crippen molar-refractivity contribution in [3.63, 3.8) is 0 Å². The van der Waals surface area contributed by atoms with Gasteiger partial charge in [-0.3, -0.25) is 9.59 Å². The van der Waals surface area contributed by atoms with Crippen molar-refractivity contribution in [3.8, 4) is 0 Å². The van der Waals surface area contributed by atoms with Gasteiger partial charge in [0.2, 0.25) is 5.91 Å². The van der Waals surface area contributed by atoms with Gasteiger partial charge in [-0.1, -0.05) is 25.1 Å². The highest BCUT2D eigenvalue weighted by Crippen LogP contribution is 2.40. The summed E-state index contributed by atoms with van der Waals surface area (Å²) in [7, 11) is 0. The van der Waals surface area contributed by atoms with Gasteiger partial charge in [0.25, 0.3) is 5.91 Å². The van der Waals surface area contributed by atoms with Gasteiger partial charge in [-0.05, 0) is 42.5 Å². The second-order valence-electron chi connectivity index (χ2n) is 7.88. The Labute approximate surface area is 166 Å². The Balaban J connectivity index is 1.52. The lowest BCUT2D eigenvalue weighted by atomic mass is 9.85. The molecule has 0 saturated carbocycles. The summed E-state index contributed by atoms with van der Waals surface area (Å²) < 4.78 is 0. The number of rotatable bonds is 4. The number of nitrogens with zero attached hydrogens (tertiary/aromatic N) is 3. The maximum atomic E-state index is 13.2. The first-order valence-electron chi connectivity index (χ1n) is 10.1. The first-order valence-corrected chi connectivity index (χ1v) is 11.3. The van der Waals surface area contributed by atoms with E-state index in [0.717, 1.165) is 68.2 Å². The first-order chi connectivity index (χ1) is 13.1. The molecule has 2 amide bonds. The number of carbonyl (C=O) groups is 2. The van der Waals surface area contributed by atoms with Crippen LogP contribution < -0.4 is 0 Å². The van der Waals surface area contributed by atoms with E-state index in [0.29, 0.717) is 13.0 Å². The third-order valence-corrected chi connectivity index (χ3v) is 7.46. The molecule has 3 heterocycles. The van der Waals surface area contributed by atoms with Crippen molar-refractivity contribution in [2.24, 2.45) is 0 Å². The number of hydrogen-bond donors (Lipinski definition) is 0. The van der Waals surface area contributed by atoms with Gasteiger partial charge >= 0.3 is 0 Å². The molecule has 0 unspecified atom stereocenters. The van der Waals surface area contributed by atoms with Crippen LogP contribution in [0.4, 0.5) is 0 Å². The van der Waals surface area contributed by atoms with Crippen LogP contribution in [-0.4, -0.2) is 76.3 Å². The molecule has 3 aliphatic heterocycles. The molecule has 0 radical (unpaired) electrons. The average molecular weight is 388 g/mol. The minimum atomic E-state index is -0.319. The smallest absolute Gasteiger partial charge is 0.254 e. The van der Waals surface area contributed by atoms with Crippen molar-refractivity contribution >= 4 is 23.6 Å². The van der Waals surface area contributed by atoms with Crippen LogP contribution in [0.5, 0.6) is 0 Å². The van der Waals surface area contributed by atoms with Gasteiger partial charge in [-0.15, -0.1) is 0 Å². The molecule has 0 spiro atoms. The maximum absolute atomic E-state index is 13.2. The Morgan fingerprint density at radius 1 is 1.11 bits per heavy atom. The van der Waals surface area contributed by atoms with Gasteiger partial charge in [0.1, 0.15) is 0 Å². The highest BCUT2D eigenvalue weighted by molar-refractivity contribution is 7.99. The number of piperazine rings is 1. The number of hydrogen-bond acceptors (Lipinski definition) is 4. The molecule has 0 aliphatic carbocycles. The zero-order chi connectivity index (χ0) is 18.9. The summed E-state index contributed by atoms with van der Waals surface area (Å²) >= 11 is 1.94. The Morgan fingerprint density at radius 3 is 2.48 bits per heavy atom. The number of amides is 2. The first kappa shape index (κ1) is 18.8. The van der Waals surface area contributed by atoms with E-state index in [9.17, 15) is 9.59 Å². The van der Waals surface area contributed by atoms with E-state index < -0.39 is 0 Å². The topological polar surface area (TPSA) is 43.9 Å². The van der Waals surface area contributed by atoms with Crippen LogP contribution in [0.1, 0.15) is 42.1 Å². The summed E-state index contributed by atoms with van der Waals surface area (Å²) in [6.45, 7) is 7.40. The van der Waals surface area contributed by atoms with Gasteiger partial charge in [-0.2, -0.15) is 11.8 Å². The highest BCUT2D eigenvalue weighted by Gasteiger charge is 2.46. The van der Waals surface area contributed by atoms with Crippen LogP contribution >= 0.6 is 11.8 Å². The number of fused-ring (bicyclic) bond motifs is 1. The van der Waals surface area contributed by atoms with E-state index in [-0.39, 0.29) is 17.4 Å². The fourth-order valence-electron chi connectivity index (χ4n) is 4.64. The van der Waals surface area contributed by atoms with Gasteiger partial charge in [0.15, 0.2) is 0 Å². The summed E-state index contributed by atoms with van der Waals surface area (Å²) in [5.74, 6) is 2.39. The van der Waals surface area contributed by atoms with Crippen molar-refractivity contribution in [1.29, 1.82) is 0 Å². The Kier molecular flexibility index (Phi) is 5.46. The summed E-state index contributed by atoms with van der Waals surface area (Å²) in [4.78, 5) is 32.7. The summed E-state index contributed by atoms with van der Waals surface area (Å²) in [5, 5.41) is 0. The predicted octanol–water partition coefficient (Wildman–Crippen LogP) is 2.46. The van der Waals surface area contributed by atoms with E-state index in [1.165, 1.54) is 0 Å². The molecule has 0 atom stereocenters. The van der Waals surface area contributed by atoms with Crippen LogP contribution in [0, 0.1) is 0 Å².